The summed E-state index contributed by atoms with van der Waals surface area (Å²) in [5.74, 6) is 0.811. The Kier molecular flexibility index (Phi) is 14.1. The SMILES string of the molecule is C/C=C\c1ccc2c(-c3ccccc3)nn(-c3nc(OC=O)cs3)c2c1.Cc1ccc2c(-c3ccccc3)nn(-c3nc(OC=O)cs3)c2c1.O=COc1csc(-n2nc(-c3ccccc3)c3ccncc32)n1. The second kappa shape index (κ2) is 21.8. The fourth-order valence-electron chi connectivity index (χ4n) is 7.83. The Balaban J connectivity index is 0.000000126. The van der Waals surface area contributed by atoms with Crippen molar-refractivity contribution in [2.24, 2.45) is 0 Å². The van der Waals surface area contributed by atoms with Crippen LogP contribution in [0.2, 0.25) is 0 Å². The quantitative estimate of drug-likeness (QED) is 0.0995. The molecular formula is C54H38N10O6S3. The van der Waals surface area contributed by atoms with Crippen LogP contribution >= 0.6 is 34.0 Å². The number of allylic oxidation sites excluding steroid dienone is 1. The van der Waals surface area contributed by atoms with Gasteiger partial charge in [0.25, 0.3) is 19.4 Å². The van der Waals surface area contributed by atoms with Crippen molar-refractivity contribution in [1.82, 2.24) is 49.3 Å². The first kappa shape index (κ1) is 47.4. The van der Waals surface area contributed by atoms with Crippen molar-refractivity contribution in [2.75, 3.05) is 0 Å². The van der Waals surface area contributed by atoms with E-state index in [0.29, 0.717) is 34.8 Å². The number of ether oxygens (including phenoxy) is 3. The molecule has 0 aliphatic heterocycles. The molecule has 0 N–H and O–H groups in total. The fraction of sp³-hybridized carbons (Fsp3) is 0.0370. The van der Waals surface area contributed by atoms with Gasteiger partial charge in [0, 0.05) is 39.0 Å². The number of hydrogen-bond acceptors (Lipinski definition) is 16. The van der Waals surface area contributed by atoms with E-state index in [1.165, 1.54) is 34.0 Å². The normalized spacial score (nSPS) is 11.0. The Bertz CT molecular complexity index is 3900. The molecule has 0 saturated carbocycles. The summed E-state index contributed by atoms with van der Waals surface area (Å²) in [4.78, 5) is 48.6. The van der Waals surface area contributed by atoms with Gasteiger partial charge in [0.1, 0.15) is 17.1 Å². The molecule has 73 heavy (non-hydrogen) atoms. The van der Waals surface area contributed by atoms with Crippen molar-refractivity contribution >= 4 is 92.2 Å². The summed E-state index contributed by atoms with van der Waals surface area (Å²) >= 11 is 4.09. The highest BCUT2D eigenvalue weighted by Gasteiger charge is 2.19. The van der Waals surface area contributed by atoms with E-state index in [2.05, 4.69) is 61.4 Å². The lowest BCUT2D eigenvalue weighted by Gasteiger charge is -1.99. The molecule has 0 radical (unpaired) electrons. The van der Waals surface area contributed by atoms with Crippen LogP contribution in [0.25, 0.3) is 88.0 Å². The second-order valence-corrected chi connectivity index (χ2v) is 18.1. The van der Waals surface area contributed by atoms with Gasteiger partial charge in [-0.3, -0.25) is 19.4 Å². The van der Waals surface area contributed by atoms with Gasteiger partial charge < -0.3 is 14.2 Å². The summed E-state index contributed by atoms with van der Waals surface area (Å²) in [5, 5.41) is 24.3. The van der Waals surface area contributed by atoms with Gasteiger partial charge in [-0.2, -0.15) is 30.2 Å². The van der Waals surface area contributed by atoms with Gasteiger partial charge in [-0.15, -0.1) is 0 Å². The third kappa shape index (κ3) is 10.2. The average molecular weight is 1020 g/mol. The minimum Gasteiger partial charge on any atom is -0.409 e. The molecule has 0 aliphatic rings. The van der Waals surface area contributed by atoms with Gasteiger partial charge in [0.05, 0.1) is 38.9 Å². The van der Waals surface area contributed by atoms with Gasteiger partial charge in [-0.25, -0.2) is 14.0 Å². The highest BCUT2D eigenvalue weighted by molar-refractivity contribution is 7.13. The topological polar surface area (TPSA) is 184 Å². The van der Waals surface area contributed by atoms with Gasteiger partial charge in [-0.05, 0) is 49.2 Å². The lowest BCUT2D eigenvalue weighted by atomic mass is 10.1. The van der Waals surface area contributed by atoms with Crippen molar-refractivity contribution in [3.63, 3.8) is 0 Å². The third-order valence-electron chi connectivity index (χ3n) is 11.0. The summed E-state index contributed by atoms with van der Waals surface area (Å²) in [5.41, 5.74) is 10.7. The molecule has 12 aromatic rings. The van der Waals surface area contributed by atoms with Crippen LogP contribution in [-0.2, 0) is 14.4 Å². The summed E-state index contributed by atoms with van der Waals surface area (Å²) in [7, 11) is 0. The average Bonchev–Trinajstić information content (AvgIpc) is 4.31. The Hall–Kier alpha value is -9.30. The first-order valence-corrected chi connectivity index (χ1v) is 24.9. The molecule has 358 valence electrons. The molecule has 5 aromatic carbocycles. The Morgan fingerprint density at radius 2 is 0.890 bits per heavy atom. The van der Waals surface area contributed by atoms with Gasteiger partial charge in [0.15, 0.2) is 0 Å². The van der Waals surface area contributed by atoms with Crippen molar-refractivity contribution in [2.45, 2.75) is 13.8 Å². The molecule has 0 aliphatic carbocycles. The zero-order chi connectivity index (χ0) is 50.1. The van der Waals surface area contributed by atoms with E-state index >= 15 is 0 Å². The molecule has 0 amide bonds. The number of rotatable bonds is 13. The minimum absolute atomic E-state index is 0.258. The summed E-state index contributed by atoms with van der Waals surface area (Å²) in [6.45, 7) is 5.14. The molecule has 0 atom stereocenters. The molecule has 0 spiro atoms. The van der Waals surface area contributed by atoms with Crippen molar-refractivity contribution in [1.29, 1.82) is 0 Å². The van der Waals surface area contributed by atoms with E-state index in [-0.39, 0.29) is 17.6 Å². The number of hydrogen-bond donors (Lipinski definition) is 0. The molecule has 0 bridgehead atoms. The van der Waals surface area contributed by atoms with Crippen LogP contribution in [-0.4, -0.2) is 68.7 Å². The maximum Gasteiger partial charge on any atom is 0.299 e. The summed E-state index contributed by atoms with van der Waals surface area (Å²) < 4.78 is 19.7. The first-order valence-electron chi connectivity index (χ1n) is 22.3. The maximum absolute atomic E-state index is 10.6. The third-order valence-corrected chi connectivity index (χ3v) is 13.4. The monoisotopic (exact) mass is 1020 g/mol. The van der Waals surface area contributed by atoms with Gasteiger partial charge in [-0.1, -0.05) is 155 Å². The number of aromatic nitrogens is 10. The number of aryl methyl sites for hydroxylation is 1. The Morgan fingerprint density at radius 3 is 1.33 bits per heavy atom. The zero-order valence-electron chi connectivity index (χ0n) is 38.6. The van der Waals surface area contributed by atoms with Crippen LogP contribution in [0.5, 0.6) is 17.6 Å². The number of thiazole rings is 3. The molecule has 19 heteroatoms. The second-order valence-electron chi connectivity index (χ2n) is 15.6. The van der Waals surface area contributed by atoms with Gasteiger partial charge >= 0.3 is 0 Å². The number of fused-ring (bicyclic) bond motifs is 3. The standard InChI is InChI=1S/C20H15N3O2S.C18H13N3O2S.C16H10N4O2S/c1-2-6-14-9-10-16-17(11-14)23(20-21-18(12-26-20)25-13-24)22-19(16)15-7-4-3-5-8-15;1-12-7-8-14-15(9-12)21(18-19-16(10-24-18)23-11-22)20-17(14)13-5-3-2-4-6-13;21-10-22-14-9-23-16(18-14)20-13-8-17-7-6-12(13)15(19-20)11-4-2-1-3-5-11/h2-13H,1H3;2-11H,1H3;1-10H/b6-2-;;. The molecule has 7 heterocycles. The van der Waals surface area contributed by atoms with E-state index in [4.69, 9.17) is 24.4 Å². The fourth-order valence-corrected chi connectivity index (χ4v) is 9.92. The van der Waals surface area contributed by atoms with Crippen molar-refractivity contribution in [3.05, 3.63) is 179 Å². The van der Waals surface area contributed by atoms with E-state index in [1.807, 2.05) is 123 Å². The van der Waals surface area contributed by atoms with E-state index < -0.39 is 0 Å². The highest BCUT2D eigenvalue weighted by atomic mass is 32.1. The molecule has 12 rings (SSSR count). The maximum atomic E-state index is 10.6. The van der Waals surface area contributed by atoms with Gasteiger partial charge in [0.2, 0.25) is 33.0 Å². The predicted molar refractivity (Wildman–Crippen MR) is 284 cm³/mol. The number of benzene rings is 5. The highest BCUT2D eigenvalue weighted by Crippen LogP contribution is 2.35. The largest absolute Gasteiger partial charge is 0.409 e. The smallest absolute Gasteiger partial charge is 0.299 e. The number of pyridine rings is 1. The molecule has 0 saturated heterocycles. The zero-order valence-corrected chi connectivity index (χ0v) is 41.1. The van der Waals surface area contributed by atoms with Crippen LogP contribution in [0.3, 0.4) is 0 Å². The summed E-state index contributed by atoms with van der Waals surface area (Å²) in [6, 6.07) is 44.4. The molecule has 0 fully saturated rings. The van der Waals surface area contributed by atoms with E-state index in [9.17, 15) is 14.4 Å². The lowest BCUT2D eigenvalue weighted by molar-refractivity contribution is -0.121. The number of carbonyl (C=O) groups excluding carboxylic acids is 3. The number of nitrogens with zero attached hydrogens (tertiary/aromatic N) is 10. The predicted octanol–water partition coefficient (Wildman–Crippen LogP) is 11.8. The van der Waals surface area contributed by atoms with Crippen LogP contribution in [0.4, 0.5) is 0 Å². The minimum atomic E-state index is 0.258. The Morgan fingerprint density at radius 1 is 0.479 bits per heavy atom. The molecule has 7 aromatic heterocycles. The first-order chi connectivity index (χ1) is 35.9. The molecular weight excluding hydrogens is 981 g/mol. The lowest BCUT2D eigenvalue weighted by Crippen LogP contribution is -1.97. The number of carbonyl (C=O) groups is 3. The van der Waals surface area contributed by atoms with Crippen LogP contribution in [0, 0.1) is 6.92 Å². The van der Waals surface area contributed by atoms with E-state index in [1.54, 1.807) is 42.6 Å². The summed E-state index contributed by atoms with van der Waals surface area (Å²) in [6.07, 6.45) is 7.53. The van der Waals surface area contributed by atoms with Crippen LogP contribution in [0.1, 0.15) is 18.1 Å². The van der Waals surface area contributed by atoms with E-state index in [0.717, 1.165) is 77.6 Å². The van der Waals surface area contributed by atoms with Crippen LogP contribution in [0.15, 0.2) is 168 Å². The van der Waals surface area contributed by atoms with Crippen LogP contribution < -0.4 is 14.2 Å². The van der Waals surface area contributed by atoms with Crippen molar-refractivity contribution in [3.8, 4) is 66.8 Å². The van der Waals surface area contributed by atoms with Crippen molar-refractivity contribution < 1.29 is 28.6 Å². The Labute approximate surface area is 427 Å². The molecule has 16 nitrogen and oxygen atoms in total. The molecule has 0 unspecified atom stereocenters.